The van der Waals surface area contributed by atoms with Gasteiger partial charge in [0.05, 0.1) is 12.8 Å². The minimum absolute atomic E-state index is 0.180. The molecule has 0 N–H and O–H groups in total. The largest absolute Gasteiger partial charge is 0.497 e. The van der Waals surface area contributed by atoms with Crippen LogP contribution >= 0.6 is 24.0 Å². The van der Waals surface area contributed by atoms with Crippen LogP contribution in [0.15, 0.2) is 24.3 Å². The van der Waals surface area contributed by atoms with E-state index in [1.54, 1.807) is 31.4 Å². The lowest BCUT2D eigenvalue weighted by Crippen LogP contribution is -2.41. The van der Waals surface area contributed by atoms with Crippen LogP contribution in [0, 0.1) is 11.8 Å². The summed E-state index contributed by atoms with van der Waals surface area (Å²) < 4.78 is 5.86. The van der Waals surface area contributed by atoms with Crippen molar-refractivity contribution in [2.45, 2.75) is 31.9 Å². The van der Waals surface area contributed by atoms with Crippen molar-refractivity contribution in [2.75, 3.05) is 25.1 Å². The molecule has 7 heteroatoms. The number of hydrogen-bond donors (Lipinski definition) is 0. The van der Waals surface area contributed by atoms with Gasteiger partial charge in [-0.2, -0.15) is 0 Å². The SMILES string of the molecule is COc1ccc(N2C(=O)C[C@@H](SC(=S)N3C[C@H](C)C[C@@H](C)C3)C2=O)cc1. The molecule has 0 saturated carbocycles. The number of benzene rings is 1. The van der Waals surface area contributed by atoms with E-state index in [2.05, 4.69) is 18.7 Å². The van der Waals surface area contributed by atoms with E-state index >= 15 is 0 Å². The summed E-state index contributed by atoms with van der Waals surface area (Å²) >= 11 is 6.94. The molecule has 2 aliphatic heterocycles. The molecule has 5 nitrogen and oxygen atoms in total. The number of likely N-dealkylation sites (tertiary alicyclic amines) is 1. The van der Waals surface area contributed by atoms with Gasteiger partial charge in [-0.1, -0.05) is 37.8 Å². The first-order valence-electron chi connectivity index (χ1n) is 8.85. The summed E-state index contributed by atoms with van der Waals surface area (Å²) in [6, 6.07) is 6.96. The van der Waals surface area contributed by atoms with Crippen LogP contribution in [-0.2, 0) is 9.59 Å². The Labute approximate surface area is 164 Å². The van der Waals surface area contributed by atoms with Crippen LogP contribution in [-0.4, -0.2) is 46.5 Å². The highest BCUT2D eigenvalue weighted by molar-refractivity contribution is 8.23. The first kappa shape index (κ1) is 19.2. The fourth-order valence-corrected chi connectivity index (χ4v) is 5.18. The standard InChI is InChI=1S/C19H24N2O3S2/c1-12-8-13(2)11-20(10-12)19(25)26-16-9-17(22)21(18(16)23)14-4-6-15(24-3)7-5-14/h4-7,12-13,16H,8-11H2,1-3H3/t12-,13-,16-/m1/s1. The molecule has 0 bridgehead atoms. The maximum Gasteiger partial charge on any atom is 0.247 e. The molecule has 0 unspecified atom stereocenters. The molecule has 1 aromatic carbocycles. The second-order valence-electron chi connectivity index (χ2n) is 7.19. The Morgan fingerprint density at radius 1 is 1.15 bits per heavy atom. The zero-order valence-electron chi connectivity index (χ0n) is 15.3. The van der Waals surface area contributed by atoms with Crippen LogP contribution in [0.2, 0.25) is 0 Å². The number of nitrogens with zero attached hydrogens (tertiary/aromatic N) is 2. The molecule has 2 aliphatic rings. The second kappa shape index (κ2) is 7.96. The van der Waals surface area contributed by atoms with Gasteiger partial charge in [0.2, 0.25) is 11.8 Å². The Morgan fingerprint density at radius 2 is 1.77 bits per heavy atom. The lowest BCUT2D eigenvalue weighted by Gasteiger charge is -2.36. The van der Waals surface area contributed by atoms with Gasteiger partial charge < -0.3 is 9.64 Å². The minimum atomic E-state index is -0.440. The number of methoxy groups -OCH3 is 1. The van der Waals surface area contributed by atoms with Crippen LogP contribution < -0.4 is 9.64 Å². The molecule has 1 aromatic rings. The Hall–Kier alpha value is -1.60. The van der Waals surface area contributed by atoms with Gasteiger partial charge in [-0.25, -0.2) is 4.90 Å². The minimum Gasteiger partial charge on any atom is -0.497 e. The number of carbonyl (C=O) groups excluding carboxylic acids is 2. The summed E-state index contributed by atoms with van der Waals surface area (Å²) in [4.78, 5) is 28.7. The number of thioether (sulfide) groups is 1. The Balaban J connectivity index is 1.67. The van der Waals surface area contributed by atoms with Crippen molar-refractivity contribution in [3.8, 4) is 5.75 Å². The van der Waals surface area contributed by atoms with E-state index in [1.165, 1.54) is 23.1 Å². The van der Waals surface area contributed by atoms with Gasteiger partial charge in [0.25, 0.3) is 0 Å². The maximum atomic E-state index is 12.8. The first-order chi connectivity index (χ1) is 12.4. The lowest BCUT2D eigenvalue weighted by atomic mass is 9.92. The number of rotatable bonds is 3. The van der Waals surface area contributed by atoms with Crippen LogP contribution in [0.5, 0.6) is 5.75 Å². The van der Waals surface area contributed by atoms with E-state index in [9.17, 15) is 9.59 Å². The summed E-state index contributed by atoms with van der Waals surface area (Å²) in [6.45, 7) is 6.30. The quantitative estimate of drug-likeness (QED) is 0.581. The van der Waals surface area contributed by atoms with E-state index in [1.807, 2.05) is 0 Å². The molecular weight excluding hydrogens is 368 g/mol. The Kier molecular flexibility index (Phi) is 5.87. The number of anilines is 1. The lowest BCUT2D eigenvalue weighted by molar-refractivity contribution is -0.121. The molecule has 2 fully saturated rings. The normalized spacial score (nSPS) is 26.3. The molecule has 3 rings (SSSR count). The zero-order chi connectivity index (χ0) is 18.8. The van der Waals surface area contributed by atoms with Crippen molar-refractivity contribution in [3.63, 3.8) is 0 Å². The Bertz CT molecular complexity index is 697. The van der Waals surface area contributed by atoms with Crippen LogP contribution in [0.3, 0.4) is 0 Å². The molecule has 2 amide bonds. The van der Waals surface area contributed by atoms with Gasteiger partial charge in [-0.15, -0.1) is 0 Å². The van der Waals surface area contributed by atoms with Gasteiger partial charge >= 0.3 is 0 Å². The van der Waals surface area contributed by atoms with Crippen molar-refractivity contribution in [3.05, 3.63) is 24.3 Å². The third-order valence-electron chi connectivity index (χ3n) is 4.81. The third kappa shape index (κ3) is 4.04. The fourth-order valence-electron chi connectivity index (χ4n) is 3.71. The van der Waals surface area contributed by atoms with Gasteiger partial charge in [0, 0.05) is 19.5 Å². The molecule has 2 heterocycles. The topological polar surface area (TPSA) is 49.9 Å². The molecule has 2 saturated heterocycles. The molecule has 0 aromatic heterocycles. The fraction of sp³-hybridized carbons (Fsp3) is 0.526. The smallest absolute Gasteiger partial charge is 0.247 e. The van der Waals surface area contributed by atoms with Crippen molar-refractivity contribution < 1.29 is 14.3 Å². The van der Waals surface area contributed by atoms with E-state index in [0.717, 1.165) is 17.4 Å². The number of thiocarbonyl (C=S) groups is 1. The summed E-state index contributed by atoms with van der Waals surface area (Å²) in [5.41, 5.74) is 0.579. The monoisotopic (exact) mass is 392 g/mol. The number of imide groups is 1. The molecule has 0 radical (unpaired) electrons. The van der Waals surface area contributed by atoms with Crippen molar-refractivity contribution in [1.82, 2.24) is 4.90 Å². The van der Waals surface area contributed by atoms with Crippen molar-refractivity contribution >= 4 is 45.8 Å². The van der Waals surface area contributed by atoms with E-state index in [4.69, 9.17) is 17.0 Å². The number of ether oxygens (including phenoxy) is 1. The predicted octanol–water partition coefficient (Wildman–Crippen LogP) is 3.32. The molecule has 3 atom stereocenters. The van der Waals surface area contributed by atoms with Crippen molar-refractivity contribution in [2.24, 2.45) is 11.8 Å². The highest BCUT2D eigenvalue weighted by Gasteiger charge is 2.41. The summed E-state index contributed by atoms with van der Waals surface area (Å²) in [5, 5.41) is -0.440. The van der Waals surface area contributed by atoms with Gasteiger partial charge in [0.1, 0.15) is 15.3 Å². The maximum absolute atomic E-state index is 12.8. The number of amides is 2. The van der Waals surface area contributed by atoms with Gasteiger partial charge in [0.15, 0.2) is 0 Å². The average Bonchev–Trinajstić information content (AvgIpc) is 2.88. The van der Waals surface area contributed by atoms with Gasteiger partial charge in [-0.3, -0.25) is 9.59 Å². The number of carbonyl (C=O) groups is 2. The Morgan fingerprint density at radius 3 is 2.35 bits per heavy atom. The first-order valence-corrected chi connectivity index (χ1v) is 10.1. The van der Waals surface area contributed by atoms with E-state index in [-0.39, 0.29) is 18.2 Å². The van der Waals surface area contributed by atoms with Crippen LogP contribution in [0.1, 0.15) is 26.7 Å². The van der Waals surface area contributed by atoms with Gasteiger partial charge in [-0.05, 0) is 42.5 Å². The second-order valence-corrected chi connectivity index (χ2v) is 9.03. The molecule has 26 heavy (non-hydrogen) atoms. The average molecular weight is 393 g/mol. The number of hydrogen-bond acceptors (Lipinski definition) is 5. The highest BCUT2D eigenvalue weighted by Crippen LogP contribution is 2.33. The summed E-state index contributed by atoms with van der Waals surface area (Å²) in [6.07, 6.45) is 1.39. The van der Waals surface area contributed by atoms with Crippen molar-refractivity contribution in [1.29, 1.82) is 0 Å². The third-order valence-corrected chi connectivity index (χ3v) is 6.47. The molecular formula is C19H24N2O3S2. The molecule has 0 aliphatic carbocycles. The highest BCUT2D eigenvalue weighted by atomic mass is 32.2. The van der Waals surface area contributed by atoms with E-state index in [0.29, 0.717) is 23.3 Å². The van der Waals surface area contributed by atoms with Crippen LogP contribution in [0.25, 0.3) is 0 Å². The van der Waals surface area contributed by atoms with Crippen LogP contribution in [0.4, 0.5) is 5.69 Å². The predicted molar refractivity (Wildman–Crippen MR) is 109 cm³/mol. The summed E-state index contributed by atoms with van der Waals surface area (Å²) in [5.74, 6) is 1.50. The zero-order valence-corrected chi connectivity index (χ0v) is 16.9. The number of piperidine rings is 1. The molecule has 140 valence electrons. The molecule has 0 spiro atoms. The van der Waals surface area contributed by atoms with E-state index < -0.39 is 5.25 Å². The summed E-state index contributed by atoms with van der Waals surface area (Å²) in [7, 11) is 1.58.